The van der Waals surface area contributed by atoms with Crippen molar-refractivity contribution in [1.29, 1.82) is 0 Å². The zero-order chi connectivity index (χ0) is 14.4. The van der Waals surface area contributed by atoms with Crippen molar-refractivity contribution in [1.82, 2.24) is 5.32 Å². The smallest absolute Gasteiger partial charge is 0.118 e. The Morgan fingerprint density at radius 3 is 2.50 bits per heavy atom. The normalized spacial score (nSPS) is 25.2. The maximum absolute atomic E-state index is 5.97. The van der Waals surface area contributed by atoms with Crippen LogP contribution in [0.2, 0.25) is 0 Å². The molecule has 3 atom stereocenters. The van der Waals surface area contributed by atoms with Crippen molar-refractivity contribution in [3.63, 3.8) is 0 Å². The minimum atomic E-state index is 0.179. The molecule has 1 aliphatic carbocycles. The standard InChI is InChI=1S/C16H25NO3/c1-4-17-14-10-15(16(14)19-5-2)20-11-12-6-8-13(18-3)9-7-12/h6-9,14-17H,4-5,10-11H2,1-3H3. The number of hydrogen-bond donors (Lipinski definition) is 1. The molecule has 1 saturated carbocycles. The second-order valence-electron chi connectivity index (χ2n) is 5.02. The molecular weight excluding hydrogens is 254 g/mol. The number of benzene rings is 1. The van der Waals surface area contributed by atoms with Crippen molar-refractivity contribution in [2.24, 2.45) is 0 Å². The van der Waals surface area contributed by atoms with Crippen LogP contribution in [0, 0.1) is 0 Å². The minimum absolute atomic E-state index is 0.179. The lowest BCUT2D eigenvalue weighted by atomic mass is 9.85. The molecule has 4 nitrogen and oxygen atoms in total. The van der Waals surface area contributed by atoms with Crippen molar-refractivity contribution in [3.8, 4) is 5.75 Å². The van der Waals surface area contributed by atoms with Gasteiger partial charge in [-0.2, -0.15) is 0 Å². The topological polar surface area (TPSA) is 39.7 Å². The Labute approximate surface area is 121 Å². The monoisotopic (exact) mass is 279 g/mol. The summed E-state index contributed by atoms with van der Waals surface area (Å²) in [5.41, 5.74) is 1.16. The van der Waals surface area contributed by atoms with Crippen LogP contribution >= 0.6 is 0 Å². The summed E-state index contributed by atoms with van der Waals surface area (Å²) in [5.74, 6) is 0.872. The van der Waals surface area contributed by atoms with Gasteiger partial charge < -0.3 is 19.5 Å². The fourth-order valence-electron chi connectivity index (χ4n) is 2.55. The molecule has 3 unspecified atom stereocenters. The van der Waals surface area contributed by atoms with Crippen molar-refractivity contribution >= 4 is 0 Å². The van der Waals surface area contributed by atoms with E-state index >= 15 is 0 Å². The lowest BCUT2D eigenvalue weighted by molar-refractivity contribution is -0.149. The first kappa shape index (κ1) is 15.3. The van der Waals surface area contributed by atoms with Gasteiger partial charge in [-0.1, -0.05) is 19.1 Å². The maximum atomic E-state index is 5.97. The third-order valence-corrected chi connectivity index (χ3v) is 3.70. The van der Waals surface area contributed by atoms with E-state index in [1.165, 1.54) is 0 Å². The van der Waals surface area contributed by atoms with Crippen LogP contribution in [-0.2, 0) is 16.1 Å². The predicted molar refractivity (Wildman–Crippen MR) is 79.1 cm³/mol. The van der Waals surface area contributed by atoms with Gasteiger partial charge in [0.1, 0.15) is 5.75 Å². The molecular formula is C16H25NO3. The molecule has 1 aromatic carbocycles. The van der Waals surface area contributed by atoms with Crippen molar-refractivity contribution in [2.45, 2.75) is 45.1 Å². The number of rotatable bonds is 8. The van der Waals surface area contributed by atoms with Gasteiger partial charge in [0.2, 0.25) is 0 Å². The zero-order valence-electron chi connectivity index (χ0n) is 12.6. The lowest BCUT2D eigenvalue weighted by Gasteiger charge is -2.44. The largest absolute Gasteiger partial charge is 0.497 e. The SMILES string of the molecule is CCNC1CC(OCc2ccc(OC)cc2)C1OCC. The van der Waals surface area contributed by atoms with E-state index in [9.17, 15) is 0 Å². The van der Waals surface area contributed by atoms with Crippen LogP contribution in [0.4, 0.5) is 0 Å². The van der Waals surface area contributed by atoms with Gasteiger partial charge in [0, 0.05) is 12.6 Å². The summed E-state index contributed by atoms with van der Waals surface area (Å²) in [5, 5.41) is 3.44. The molecule has 2 rings (SSSR count). The molecule has 0 amide bonds. The fourth-order valence-corrected chi connectivity index (χ4v) is 2.55. The maximum Gasteiger partial charge on any atom is 0.118 e. The van der Waals surface area contributed by atoms with E-state index in [4.69, 9.17) is 14.2 Å². The second-order valence-corrected chi connectivity index (χ2v) is 5.02. The van der Waals surface area contributed by atoms with Gasteiger partial charge >= 0.3 is 0 Å². The summed E-state index contributed by atoms with van der Waals surface area (Å²) in [4.78, 5) is 0. The average Bonchev–Trinajstić information content (AvgIpc) is 2.48. The molecule has 0 spiro atoms. The molecule has 1 N–H and O–H groups in total. The van der Waals surface area contributed by atoms with Crippen LogP contribution in [0.3, 0.4) is 0 Å². The highest BCUT2D eigenvalue weighted by Crippen LogP contribution is 2.28. The van der Waals surface area contributed by atoms with Crippen LogP contribution < -0.4 is 10.1 Å². The van der Waals surface area contributed by atoms with E-state index in [0.717, 1.165) is 30.9 Å². The van der Waals surface area contributed by atoms with Crippen LogP contribution in [0.1, 0.15) is 25.8 Å². The van der Waals surface area contributed by atoms with E-state index in [1.54, 1.807) is 7.11 Å². The second kappa shape index (κ2) is 7.62. The van der Waals surface area contributed by atoms with E-state index in [-0.39, 0.29) is 12.2 Å². The highest BCUT2D eigenvalue weighted by atomic mass is 16.5. The molecule has 112 valence electrons. The molecule has 0 aromatic heterocycles. The molecule has 0 aliphatic heterocycles. The zero-order valence-corrected chi connectivity index (χ0v) is 12.6. The summed E-state index contributed by atoms with van der Waals surface area (Å²) in [6, 6.07) is 8.42. The predicted octanol–water partition coefficient (Wildman–Crippen LogP) is 2.37. The van der Waals surface area contributed by atoms with Crippen molar-refractivity contribution < 1.29 is 14.2 Å². The first-order chi connectivity index (χ1) is 9.78. The Hall–Kier alpha value is -1.10. The molecule has 4 heteroatoms. The Morgan fingerprint density at radius 2 is 1.90 bits per heavy atom. The summed E-state index contributed by atoms with van der Waals surface area (Å²) in [6.07, 6.45) is 1.40. The number of likely N-dealkylation sites (N-methyl/N-ethyl adjacent to an activating group) is 1. The van der Waals surface area contributed by atoms with Crippen molar-refractivity contribution in [2.75, 3.05) is 20.3 Å². The average molecular weight is 279 g/mol. The third-order valence-electron chi connectivity index (χ3n) is 3.70. The van der Waals surface area contributed by atoms with Gasteiger partial charge in [-0.15, -0.1) is 0 Å². The van der Waals surface area contributed by atoms with E-state index in [0.29, 0.717) is 12.6 Å². The Balaban J connectivity index is 1.80. The quantitative estimate of drug-likeness (QED) is 0.793. The van der Waals surface area contributed by atoms with Gasteiger partial charge in [0.25, 0.3) is 0 Å². The molecule has 1 fully saturated rings. The fraction of sp³-hybridized carbons (Fsp3) is 0.625. The van der Waals surface area contributed by atoms with Gasteiger partial charge in [0.05, 0.1) is 25.9 Å². The third kappa shape index (κ3) is 3.72. The Kier molecular flexibility index (Phi) is 5.83. The summed E-state index contributed by atoms with van der Waals surface area (Å²) < 4.78 is 16.9. The van der Waals surface area contributed by atoms with E-state index < -0.39 is 0 Å². The minimum Gasteiger partial charge on any atom is -0.497 e. The molecule has 0 heterocycles. The summed E-state index contributed by atoms with van der Waals surface area (Å²) in [6.45, 7) is 6.47. The molecule has 0 saturated heterocycles. The van der Waals surface area contributed by atoms with E-state index in [2.05, 4.69) is 12.2 Å². The van der Waals surface area contributed by atoms with Crippen LogP contribution in [0.25, 0.3) is 0 Å². The molecule has 1 aliphatic rings. The number of nitrogens with one attached hydrogen (secondary N) is 1. The first-order valence-electron chi connectivity index (χ1n) is 7.38. The van der Waals surface area contributed by atoms with Gasteiger partial charge in [0.15, 0.2) is 0 Å². The van der Waals surface area contributed by atoms with Gasteiger partial charge in [-0.3, -0.25) is 0 Å². The molecule has 0 bridgehead atoms. The van der Waals surface area contributed by atoms with Crippen LogP contribution in [-0.4, -0.2) is 38.5 Å². The van der Waals surface area contributed by atoms with Gasteiger partial charge in [-0.25, -0.2) is 0 Å². The summed E-state index contributed by atoms with van der Waals surface area (Å²) in [7, 11) is 1.67. The first-order valence-corrected chi connectivity index (χ1v) is 7.38. The number of ether oxygens (including phenoxy) is 3. The Bertz CT molecular complexity index is 393. The summed E-state index contributed by atoms with van der Waals surface area (Å²) >= 11 is 0. The number of methoxy groups -OCH3 is 1. The molecule has 20 heavy (non-hydrogen) atoms. The molecule has 0 radical (unpaired) electrons. The Morgan fingerprint density at radius 1 is 1.15 bits per heavy atom. The van der Waals surface area contributed by atoms with Gasteiger partial charge in [-0.05, 0) is 37.6 Å². The van der Waals surface area contributed by atoms with Crippen LogP contribution in [0.5, 0.6) is 5.75 Å². The lowest BCUT2D eigenvalue weighted by Crippen LogP contribution is -2.60. The molecule has 1 aromatic rings. The number of hydrogen-bond acceptors (Lipinski definition) is 4. The van der Waals surface area contributed by atoms with Crippen molar-refractivity contribution in [3.05, 3.63) is 29.8 Å². The van der Waals surface area contributed by atoms with Crippen LogP contribution in [0.15, 0.2) is 24.3 Å². The highest BCUT2D eigenvalue weighted by Gasteiger charge is 2.42. The highest BCUT2D eigenvalue weighted by molar-refractivity contribution is 5.26. The van der Waals surface area contributed by atoms with E-state index in [1.807, 2.05) is 31.2 Å².